The number of amides is 3. The fraction of sp³-hybridized carbons (Fsp3) is 0.357. The van der Waals surface area contributed by atoms with Gasteiger partial charge in [-0.2, -0.15) is 0 Å². The molecule has 0 aromatic heterocycles. The van der Waals surface area contributed by atoms with Crippen LogP contribution >= 0.6 is 0 Å². The van der Waals surface area contributed by atoms with Crippen molar-refractivity contribution in [2.45, 2.75) is 19.4 Å². The van der Waals surface area contributed by atoms with Crippen molar-refractivity contribution in [3.05, 3.63) is 23.8 Å². The van der Waals surface area contributed by atoms with Gasteiger partial charge >= 0.3 is 12.0 Å². The Morgan fingerprint density at radius 2 is 1.95 bits per heavy atom. The molecule has 0 spiro atoms. The second-order valence-corrected chi connectivity index (χ2v) is 4.64. The number of carbonyl (C=O) groups is 3. The van der Waals surface area contributed by atoms with Crippen molar-refractivity contribution in [1.29, 1.82) is 0 Å². The third kappa shape index (κ3) is 4.11. The molecule has 8 nitrogen and oxygen atoms in total. The van der Waals surface area contributed by atoms with Gasteiger partial charge in [-0.25, -0.2) is 4.79 Å². The first-order valence-corrected chi connectivity index (χ1v) is 6.64. The van der Waals surface area contributed by atoms with Crippen LogP contribution in [-0.4, -0.2) is 37.2 Å². The zero-order valence-electron chi connectivity index (χ0n) is 12.0. The maximum absolute atomic E-state index is 11.8. The van der Waals surface area contributed by atoms with Crippen LogP contribution in [0.2, 0.25) is 0 Å². The molecule has 1 aliphatic rings. The molecule has 0 saturated carbocycles. The molecule has 0 saturated heterocycles. The first-order chi connectivity index (χ1) is 10.5. The molecule has 1 aliphatic heterocycles. The number of fused-ring (bicyclic) bond motifs is 1. The van der Waals surface area contributed by atoms with Crippen LogP contribution in [0.4, 0.5) is 4.79 Å². The second kappa shape index (κ2) is 6.79. The minimum absolute atomic E-state index is 0.0369. The maximum atomic E-state index is 11.8. The molecule has 1 aromatic carbocycles. The molecule has 1 heterocycles. The van der Waals surface area contributed by atoms with E-state index in [0.29, 0.717) is 30.3 Å². The number of imide groups is 1. The minimum atomic E-state index is -1.11. The normalized spacial score (nSPS) is 13.9. The minimum Gasteiger partial charge on any atom is -0.486 e. The Morgan fingerprint density at radius 3 is 2.64 bits per heavy atom. The molecule has 0 aliphatic carbocycles. The highest BCUT2D eigenvalue weighted by molar-refractivity contribution is 5.96. The maximum Gasteiger partial charge on any atom is 0.318 e. The largest absolute Gasteiger partial charge is 0.486 e. The van der Waals surface area contributed by atoms with Crippen molar-refractivity contribution in [1.82, 2.24) is 5.32 Å². The summed E-state index contributed by atoms with van der Waals surface area (Å²) in [5, 5.41) is 1.84. The van der Waals surface area contributed by atoms with Crippen LogP contribution in [0.3, 0.4) is 0 Å². The molecule has 0 fully saturated rings. The summed E-state index contributed by atoms with van der Waals surface area (Å²) in [6.07, 6.45) is -1.15. The van der Waals surface area contributed by atoms with Crippen LogP contribution < -0.4 is 20.5 Å². The van der Waals surface area contributed by atoms with Gasteiger partial charge in [-0.3, -0.25) is 14.9 Å². The Balaban J connectivity index is 1.91. The summed E-state index contributed by atoms with van der Waals surface area (Å²) < 4.78 is 15.7. The molecule has 3 amide bonds. The Hall–Kier alpha value is -2.77. The molecular formula is C14H16N2O6. The van der Waals surface area contributed by atoms with Gasteiger partial charge in [0.05, 0.1) is 6.42 Å². The fourth-order valence-electron chi connectivity index (χ4n) is 1.88. The molecule has 118 valence electrons. The Bertz CT molecular complexity index is 601. The quantitative estimate of drug-likeness (QED) is 0.763. The van der Waals surface area contributed by atoms with E-state index in [0.717, 1.165) is 0 Å². The number of hydrogen-bond acceptors (Lipinski definition) is 6. The fourth-order valence-corrected chi connectivity index (χ4v) is 1.88. The Morgan fingerprint density at radius 1 is 1.27 bits per heavy atom. The molecule has 8 heteroatoms. The number of urea groups is 1. The molecule has 0 unspecified atom stereocenters. The molecule has 3 N–H and O–H groups in total. The first kappa shape index (κ1) is 15.6. The number of nitrogens with one attached hydrogen (secondary N) is 1. The van der Waals surface area contributed by atoms with Crippen molar-refractivity contribution < 1.29 is 28.6 Å². The van der Waals surface area contributed by atoms with Crippen LogP contribution in [0.1, 0.15) is 12.5 Å². The van der Waals surface area contributed by atoms with Crippen molar-refractivity contribution in [3.8, 4) is 11.5 Å². The zero-order valence-corrected chi connectivity index (χ0v) is 12.0. The summed E-state index contributed by atoms with van der Waals surface area (Å²) in [6.45, 7) is 2.28. The molecule has 1 aromatic rings. The topological polar surface area (TPSA) is 117 Å². The summed E-state index contributed by atoms with van der Waals surface area (Å²) >= 11 is 0. The molecule has 1 atom stereocenters. The smallest absolute Gasteiger partial charge is 0.318 e. The molecule has 0 radical (unpaired) electrons. The average Bonchev–Trinajstić information content (AvgIpc) is 2.46. The first-order valence-electron chi connectivity index (χ1n) is 6.64. The van der Waals surface area contributed by atoms with E-state index in [4.69, 9.17) is 19.9 Å². The number of esters is 1. The summed E-state index contributed by atoms with van der Waals surface area (Å²) in [4.78, 5) is 33.7. The highest BCUT2D eigenvalue weighted by Gasteiger charge is 2.20. The van der Waals surface area contributed by atoms with Gasteiger partial charge in [-0.1, -0.05) is 6.07 Å². The lowest BCUT2D eigenvalue weighted by Gasteiger charge is -2.19. The van der Waals surface area contributed by atoms with E-state index in [1.54, 1.807) is 18.2 Å². The lowest BCUT2D eigenvalue weighted by molar-refractivity contribution is -0.153. The summed E-state index contributed by atoms with van der Waals surface area (Å²) in [7, 11) is 0. The van der Waals surface area contributed by atoms with E-state index in [-0.39, 0.29) is 6.42 Å². The lowest BCUT2D eigenvalue weighted by atomic mass is 10.1. The predicted molar refractivity (Wildman–Crippen MR) is 74.4 cm³/mol. The summed E-state index contributed by atoms with van der Waals surface area (Å²) in [5.74, 6) is -0.194. The van der Waals surface area contributed by atoms with E-state index < -0.39 is 24.0 Å². The molecule has 0 bridgehead atoms. The predicted octanol–water partition coefficient (Wildman–Crippen LogP) is 0.127. The Labute approximate surface area is 126 Å². The van der Waals surface area contributed by atoms with Gasteiger partial charge in [0.1, 0.15) is 13.2 Å². The number of rotatable bonds is 4. The van der Waals surface area contributed by atoms with Crippen molar-refractivity contribution in [2.24, 2.45) is 5.73 Å². The number of primary amides is 1. The van der Waals surface area contributed by atoms with Crippen LogP contribution in [0.25, 0.3) is 0 Å². The van der Waals surface area contributed by atoms with Crippen LogP contribution in [0.5, 0.6) is 11.5 Å². The van der Waals surface area contributed by atoms with Crippen LogP contribution in [0.15, 0.2) is 18.2 Å². The lowest BCUT2D eigenvalue weighted by Crippen LogP contribution is -2.42. The van der Waals surface area contributed by atoms with Gasteiger partial charge in [-0.05, 0) is 24.6 Å². The molecular weight excluding hydrogens is 292 g/mol. The van der Waals surface area contributed by atoms with Gasteiger partial charge in [-0.15, -0.1) is 0 Å². The van der Waals surface area contributed by atoms with Gasteiger partial charge in [0.2, 0.25) is 0 Å². The van der Waals surface area contributed by atoms with Gasteiger partial charge < -0.3 is 19.9 Å². The number of carbonyl (C=O) groups excluding carboxylic acids is 3. The number of benzene rings is 1. The van der Waals surface area contributed by atoms with E-state index in [9.17, 15) is 14.4 Å². The second-order valence-electron chi connectivity index (χ2n) is 4.64. The Kier molecular flexibility index (Phi) is 4.82. The van der Waals surface area contributed by atoms with Gasteiger partial charge in [0, 0.05) is 0 Å². The van der Waals surface area contributed by atoms with E-state index in [1.165, 1.54) is 6.92 Å². The van der Waals surface area contributed by atoms with E-state index in [1.807, 2.05) is 5.32 Å². The molecule has 2 rings (SSSR count). The van der Waals surface area contributed by atoms with Crippen molar-refractivity contribution >= 4 is 17.9 Å². The van der Waals surface area contributed by atoms with E-state index >= 15 is 0 Å². The third-order valence-corrected chi connectivity index (χ3v) is 2.88. The number of hydrogen-bond donors (Lipinski definition) is 2. The van der Waals surface area contributed by atoms with Crippen molar-refractivity contribution in [2.75, 3.05) is 13.2 Å². The monoisotopic (exact) mass is 308 g/mol. The van der Waals surface area contributed by atoms with Crippen LogP contribution in [0, 0.1) is 0 Å². The zero-order chi connectivity index (χ0) is 16.1. The third-order valence-electron chi connectivity index (χ3n) is 2.88. The summed E-state index contributed by atoms with van der Waals surface area (Å²) in [5.41, 5.74) is 5.48. The average molecular weight is 308 g/mol. The van der Waals surface area contributed by atoms with Gasteiger partial charge in [0.25, 0.3) is 5.91 Å². The van der Waals surface area contributed by atoms with E-state index in [2.05, 4.69) is 0 Å². The van der Waals surface area contributed by atoms with Crippen molar-refractivity contribution in [3.63, 3.8) is 0 Å². The SMILES string of the molecule is C[C@H](OC(=O)Cc1ccc2c(c1)OCCO2)C(=O)NC(N)=O. The highest BCUT2D eigenvalue weighted by atomic mass is 16.6. The summed E-state index contributed by atoms with van der Waals surface area (Å²) in [6, 6.07) is 4.10. The number of nitrogens with two attached hydrogens (primary N) is 1. The highest BCUT2D eigenvalue weighted by Crippen LogP contribution is 2.30. The van der Waals surface area contributed by atoms with Gasteiger partial charge in [0.15, 0.2) is 17.6 Å². The molecule has 22 heavy (non-hydrogen) atoms. The number of ether oxygens (including phenoxy) is 3. The van der Waals surface area contributed by atoms with Crippen LogP contribution in [-0.2, 0) is 20.7 Å². The standard InChI is InChI=1S/C14H16N2O6/c1-8(13(18)16-14(15)19)22-12(17)7-9-2-3-10-11(6-9)21-5-4-20-10/h2-3,6,8H,4-5,7H2,1H3,(H3,15,16,18,19)/t8-/m0/s1.